The number of nitrogens with zero attached hydrogens (tertiary/aromatic N) is 2. The quantitative estimate of drug-likeness (QED) is 0.501. The van der Waals surface area contributed by atoms with Crippen LogP contribution >= 0.6 is 11.3 Å². The standard InChI is InChI=1S/C22H26N2S/c1-15-9-5-6-10-18(15)24-16(2)19-17-11-14-23(3)21(17)25-20(19)22(24)12-7-4-8-13-22/h5-6,9-11,14,16H,4,7-8,12-13H2,1-3H3. The van der Waals surface area contributed by atoms with E-state index in [2.05, 4.69) is 78.2 Å². The van der Waals surface area contributed by atoms with E-state index in [0.29, 0.717) is 6.04 Å². The molecule has 0 bridgehead atoms. The number of hydrogen-bond donors (Lipinski definition) is 0. The lowest BCUT2D eigenvalue weighted by molar-refractivity contribution is 0.288. The number of para-hydroxylation sites is 1. The van der Waals surface area contributed by atoms with E-state index >= 15 is 0 Å². The lowest BCUT2D eigenvalue weighted by Gasteiger charge is -2.45. The summed E-state index contributed by atoms with van der Waals surface area (Å²) < 4.78 is 2.31. The van der Waals surface area contributed by atoms with E-state index in [1.54, 1.807) is 10.4 Å². The number of aromatic nitrogens is 1. The second-order valence-electron chi connectivity index (χ2n) is 7.92. The van der Waals surface area contributed by atoms with Crippen LogP contribution in [0.15, 0.2) is 36.5 Å². The first kappa shape index (κ1) is 15.5. The number of benzene rings is 1. The SMILES string of the molecule is Cc1ccccc1N1C(C)c2c(sc3c2ccn3C)C12CCCCC2. The predicted octanol–water partition coefficient (Wildman–Crippen LogP) is 6.29. The first-order valence-electron chi connectivity index (χ1n) is 9.57. The Hall–Kier alpha value is -1.74. The molecule has 1 unspecified atom stereocenters. The average molecular weight is 351 g/mol. The van der Waals surface area contributed by atoms with Crippen LogP contribution in [0, 0.1) is 6.92 Å². The van der Waals surface area contributed by atoms with Gasteiger partial charge in [-0.15, -0.1) is 11.3 Å². The molecule has 1 spiro atoms. The molecule has 1 aromatic carbocycles. The summed E-state index contributed by atoms with van der Waals surface area (Å²) in [6.45, 7) is 4.69. The van der Waals surface area contributed by atoms with Gasteiger partial charge in [-0.25, -0.2) is 0 Å². The maximum Gasteiger partial charge on any atom is 0.103 e. The van der Waals surface area contributed by atoms with Crippen LogP contribution < -0.4 is 4.90 Å². The van der Waals surface area contributed by atoms with Crippen LogP contribution in [-0.2, 0) is 12.6 Å². The molecule has 2 aliphatic rings. The third kappa shape index (κ3) is 1.96. The molecule has 130 valence electrons. The highest BCUT2D eigenvalue weighted by molar-refractivity contribution is 7.19. The Labute approximate surface area is 154 Å². The van der Waals surface area contributed by atoms with Crippen LogP contribution in [0.5, 0.6) is 0 Å². The van der Waals surface area contributed by atoms with Gasteiger partial charge in [0.15, 0.2) is 0 Å². The summed E-state index contributed by atoms with van der Waals surface area (Å²) in [6.07, 6.45) is 8.90. The van der Waals surface area contributed by atoms with Gasteiger partial charge < -0.3 is 9.47 Å². The summed E-state index contributed by atoms with van der Waals surface area (Å²) in [5, 5.41) is 1.48. The van der Waals surface area contributed by atoms with E-state index in [0.717, 1.165) is 0 Å². The van der Waals surface area contributed by atoms with Crippen molar-refractivity contribution < 1.29 is 0 Å². The van der Waals surface area contributed by atoms with Crippen LogP contribution in [-0.4, -0.2) is 4.57 Å². The highest BCUT2D eigenvalue weighted by Gasteiger charge is 2.51. The molecule has 3 aromatic rings. The zero-order valence-corrected chi connectivity index (χ0v) is 16.2. The molecule has 3 heteroatoms. The van der Waals surface area contributed by atoms with Gasteiger partial charge in [-0.05, 0) is 44.4 Å². The van der Waals surface area contributed by atoms with E-state index in [-0.39, 0.29) is 5.54 Å². The summed E-state index contributed by atoms with van der Waals surface area (Å²) in [6, 6.07) is 11.8. The van der Waals surface area contributed by atoms with Gasteiger partial charge >= 0.3 is 0 Å². The number of thiophene rings is 1. The minimum absolute atomic E-state index is 0.211. The van der Waals surface area contributed by atoms with Gasteiger partial charge in [0.05, 0.1) is 11.6 Å². The fourth-order valence-electron chi connectivity index (χ4n) is 5.37. The minimum Gasteiger partial charge on any atom is -0.354 e. The fraction of sp³-hybridized carbons (Fsp3) is 0.455. The van der Waals surface area contributed by atoms with Crippen LogP contribution in [0.2, 0.25) is 0 Å². The second-order valence-corrected chi connectivity index (χ2v) is 8.91. The summed E-state index contributed by atoms with van der Waals surface area (Å²) in [5.74, 6) is 0. The summed E-state index contributed by atoms with van der Waals surface area (Å²) in [4.78, 5) is 5.89. The topological polar surface area (TPSA) is 8.17 Å². The first-order valence-corrected chi connectivity index (χ1v) is 10.4. The Morgan fingerprint density at radius 3 is 2.60 bits per heavy atom. The van der Waals surface area contributed by atoms with Crippen molar-refractivity contribution in [3.05, 3.63) is 52.5 Å². The van der Waals surface area contributed by atoms with Crippen molar-refractivity contribution in [2.24, 2.45) is 7.05 Å². The lowest BCUT2D eigenvalue weighted by Crippen LogP contribution is -2.44. The van der Waals surface area contributed by atoms with Gasteiger partial charge in [0.1, 0.15) is 4.83 Å². The number of hydrogen-bond acceptors (Lipinski definition) is 2. The first-order chi connectivity index (χ1) is 12.1. The van der Waals surface area contributed by atoms with Crippen molar-refractivity contribution in [2.45, 2.75) is 57.5 Å². The molecule has 1 fully saturated rings. The lowest BCUT2D eigenvalue weighted by atomic mass is 9.80. The van der Waals surface area contributed by atoms with Gasteiger partial charge in [0.2, 0.25) is 0 Å². The molecule has 1 saturated carbocycles. The highest BCUT2D eigenvalue weighted by Crippen LogP contribution is 2.59. The van der Waals surface area contributed by atoms with Crippen LogP contribution in [0.25, 0.3) is 10.2 Å². The number of anilines is 1. The van der Waals surface area contributed by atoms with E-state index in [4.69, 9.17) is 0 Å². The van der Waals surface area contributed by atoms with Crippen molar-refractivity contribution >= 4 is 27.2 Å². The van der Waals surface area contributed by atoms with Gasteiger partial charge in [0.25, 0.3) is 0 Å². The Morgan fingerprint density at radius 2 is 1.84 bits per heavy atom. The third-order valence-electron chi connectivity index (χ3n) is 6.49. The molecule has 0 saturated heterocycles. The minimum atomic E-state index is 0.211. The highest BCUT2D eigenvalue weighted by atomic mass is 32.1. The van der Waals surface area contributed by atoms with Crippen LogP contribution in [0.3, 0.4) is 0 Å². The molecule has 0 radical (unpaired) electrons. The van der Waals surface area contributed by atoms with E-state index in [1.165, 1.54) is 53.6 Å². The molecular weight excluding hydrogens is 324 g/mol. The molecule has 0 amide bonds. The van der Waals surface area contributed by atoms with Crippen LogP contribution in [0.4, 0.5) is 5.69 Å². The van der Waals surface area contributed by atoms with E-state index in [9.17, 15) is 0 Å². The van der Waals surface area contributed by atoms with E-state index in [1.807, 2.05) is 0 Å². The Kier molecular flexibility index (Phi) is 3.34. The largest absolute Gasteiger partial charge is 0.354 e. The normalized spacial score (nSPS) is 22.0. The zero-order valence-electron chi connectivity index (χ0n) is 15.4. The smallest absolute Gasteiger partial charge is 0.103 e. The van der Waals surface area contributed by atoms with Crippen LogP contribution in [0.1, 0.15) is 61.1 Å². The van der Waals surface area contributed by atoms with Crippen molar-refractivity contribution in [3.8, 4) is 0 Å². The maximum atomic E-state index is 2.79. The van der Waals surface area contributed by atoms with E-state index < -0.39 is 0 Å². The summed E-state index contributed by atoms with van der Waals surface area (Å²) >= 11 is 2.05. The molecule has 5 rings (SSSR count). The molecule has 2 aromatic heterocycles. The molecule has 25 heavy (non-hydrogen) atoms. The van der Waals surface area contributed by atoms with Gasteiger partial charge in [-0.2, -0.15) is 0 Å². The third-order valence-corrected chi connectivity index (χ3v) is 8.00. The molecule has 0 N–H and O–H groups in total. The van der Waals surface area contributed by atoms with Crippen molar-refractivity contribution in [1.82, 2.24) is 4.57 Å². The number of aryl methyl sites for hydroxylation is 2. The predicted molar refractivity (Wildman–Crippen MR) is 108 cm³/mol. The number of rotatable bonds is 1. The Balaban J connectivity index is 1.78. The van der Waals surface area contributed by atoms with Gasteiger partial charge in [-0.1, -0.05) is 37.5 Å². The van der Waals surface area contributed by atoms with Crippen molar-refractivity contribution in [1.29, 1.82) is 0 Å². The Morgan fingerprint density at radius 1 is 1.08 bits per heavy atom. The average Bonchev–Trinajstić information content (AvgIpc) is 3.23. The van der Waals surface area contributed by atoms with Crippen molar-refractivity contribution in [3.63, 3.8) is 0 Å². The molecule has 2 nitrogen and oxygen atoms in total. The summed E-state index contributed by atoms with van der Waals surface area (Å²) in [5.41, 5.74) is 4.65. The molecule has 1 aliphatic heterocycles. The van der Waals surface area contributed by atoms with Gasteiger partial charge in [-0.3, -0.25) is 0 Å². The van der Waals surface area contributed by atoms with Gasteiger partial charge in [0, 0.05) is 34.8 Å². The molecule has 1 atom stereocenters. The Bertz CT molecular complexity index is 942. The monoisotopic (exact) mass is 350 g/mol. The van der Waals surface area contributed by atoms with Crippen molar-refractivity contribution in [2.75, 3.05) is 4.90 Å². The molecule has 3 heterocycles. The molecule has 1 aliphatic carbocycles. The summed E-state index contributed by atoms with van der Waals surface area (Å²) in [7, 11) is 2.19. The number of fused-ring (bicyclic) bond motifs is 4. The fourth-order valence-corrected chi connectivity index (χ4v) is 6.94. The molecular formula is C22H26N2S. The maximum absolute atomic E-state index is 2.79. The second kappa shape index (κ2) is 5.38. The zero-order chi connectivity index (χ0) is 17.2.